The van der Waals surface area contributed by atoms with Crippen molar-refractivity contribution in [1.82, 2.24) is 0 Å². The van der Waals surface area contributed by atoms with Crippen LogP contribution >= 0.6 is 0 Å². The molecule has 0 fully saturated rings. The van der Waals surface area contributed by atoms with Crippen molar-refractivity contribution in [3.63, 3.8) is 0 Å². The SMILES string of the molecule is CC(C)(C)c1ccc2c(c1)[cH-]c1cc(C(C)(C)C)ccc12.CC(C)=C1[C-]=CC=C1.[Cl-].[Cl-].[Zr+4]. The number of rotatable bonds is 0. The van der Waals surface area contributed by atoms with Crippen LogP contribution in [-0.4, -0.2) is 0 Å². The minimum Gasteiger partial charge on any atom is -1.00 e. The maximum absolute atomic E-state index is 3.10. The molecule has 0 saturated carbocycles. The van der Waals surface area contributed by atoms with Gasteiger partial charge in [0, 0.05) is 0 Å². The molecular formula is C29H34Cl2Zr. The first-order chi connectivity index (χ1) is 13.5. The molecule has 0 aromatic heterocycles. The van der Waals surface area contributed by atoms with Gasteiger partial charge in [0.1, 0.15) is 0 Å². The second-order valence-corrected chi connectivity index (χ2v) is 10.3. The Morgan fingerprint density at radius 3 is 1.47 bits per heavy atom. The first kappa shape index (κ1) is 31.0. The number of hydrogen-bond donors (Lipinski definition) is 0. The third kappa shape index (κ3) is 7.25. The Bertz CT molecular complexity index is 1040. The van der Waals surface area contributed by atoms with Crippen LogP contribution in [0.4, 0.5) is 0 Å². The van der Waals surface area contributed by atoms with Crippen molar-refractivity contribution in [1.29, 1.82) is 0 Å². The maximum atomic E-state index is 3.10. The van der Waals surface area contributed by atoms with E-state index in [1.54, 1.807) is 0 Å². The molecule has 0 N–H and O–H groups in total. The Balaban J connectivity index is 0.000000752. The fraction of sp³-hybridized carbons (Fsp3) is 0.345. The summed E-state index contributed by atoms with van der Waals surface area (Å²) in [6, 6.07) is 16.2. The molecule has 3 heteroatoms. The van der Waals surface area contributed by atoms with Crippen molar-refractivity contribution in [2.45, 2.75) is 66.2 Å². The Kier molecular flexibility index (Phi) is 11.5. The zero-order valence-corrected chi connectivity index (χ0v) is 24.5. The van der Waals surface area contributed by atoms with E-state index in [4.69, 9.17) is 0 Å². The van der Waals surface area contributed by atoms with Gasteiger partial charge < -0.3 is 24.8 Å². The molecule has 0 amide bonds. The van der Waals surface area contributed by atoms with E-state index in [0.717, 1.165) is 0 Å². The van der Waals surface area contributed by atoms with Crippen LogP contribution in [0.15, 0.2) is 71.8 Å². The van der Waals surface area contributed by atoms with Crippen LogP contribution in [0.3, 0.4) is 0 Å². The first-order valence-electron chi connectivity index (χ1n) is 10.5. The summed E-state index contributed by atoms with van der Waals surface area (Å²) in [6.45, 7) is 17.8. The van der Waals surface area contributed by atoms with Crippen LogP contribution in [0.1, 0.15) is 66.5 Å². The fourth-order valence-electron chi connectivity index (χ4n) is 3.60. The second-order valence-electron chi connectivity index (χ2n) is 10.3. The molecule has 0 nitrogen and oxygen atoms in total. The molecule has 3 aromatic rings. The summed E-state index contributed by atoms with van der Waals surface area (Å²) in [6.07, 6.45) is 9.10. The van der Waals surface area contributed by atoms with Crippen LogP contribution in [0.25, 0.3) is 21.5 Å². The molecule has 0 bridgehead atoms. The molecule has 0 heterocycles. The largest absolute Gasteiger partial charge is 4.00 e. The average Bonchev–Trinajstić information content (AvgIpc) is 3.27. The molecule has 0 atom stereocenters. The van der Waals surface area contributed by atoms with Crippen LogP contribution in [-0.2, 0) is 37.0 Å². The van der Waals surface area contributed by atoms with Gasteiger partial charge in [-0.25, -0.2) is 0 Å². The van der Waals surface area contributed by atoms with Crippen molar-refractivity contribution in [2.24, 2.45) is 0 Å². The van der Waals surface area contributed by atoms with Gasteiger partial charge in [-0.2, -0.15) is 23.8 Å². The van der Waals surface area contributed by atoms with Crippen LogP contribution in [0.5, 0.6) is 0 Å². The topological polar surface area (TPSA) is 0 Å². The summed E-state index contributed by atoms with van der Waals surface area (Å²) in [7, 11) is 0. The van der Waals surface area contributed by atoms with Crippen molar-refractivity contribution < 1.29 is 51.0 Å². The van der Waals surface area contributed by atoms with Crippen LogP contribution < -0.4 is 24.8 Å². The summed E-state index contributed by atoms with van der Waals surface area (Å²) in [5.74, 6) is 0. The van der Waals surface area contributed by atoms with E-state index in [2.05, 4.69) is 110 Å². The Morgan fingerprint density at radius 1 is 0.750 bits per heavy atom. The predicted molar refractivity (Wildman–Crippen MR) is 130 cm³/mol. The zero-order valence-electron chi connectivity index (χ0n) is 20.5. The third-order valence-electron chi connectivity index (χ3n) is 5.57. The van der Waals surface area contributed by atoms with E-state index < -0.39 is 0 Å². The molecule has 32 heavy (non-hydrogen) atoms. The van der Waals surface area contributed by atoms with Gasteiger partial charge in [-0.05, 0) is 10.8 Å². The molecule has 0 unspecified atom stereocenters. The monoisotopic (exact) mass is 542 g/mol. The van der Waals surface area contributed by atoms with Gasteiger partial charge in [0.05, 0.1) is 0 Å². The normalized spacial score (nSPS) is 12.6. The zero-order chi connectivity index (χ0) is 21.4. The minimum atomic E-state index is 0. The van der Waals surface area contributed by atoms with E-state index in [-0.39, 0.29) is 61.8 Å². The van der Waals surface area contributed by atoms with E-state index >= 15 is 0 Å². The number of hydrogen-bond acceptors (Lipinski definition) is 0. The molecule has 3 aromatic carbocycles. The molecule has 0 aliphatic heterocycles. The number of fused-ring (bicyclic) bond motifs is 3. The van der Waals surface area contributed by atoms with Gasteiger partial charge >= 0.3 is 26.2 Å². The Morgan fingerprint density at radius 2 is 1.19 bits per heavy atom. The summed E-state index contributed by atoms with van der Waals surface area (Å²) in [4.78, 5) is 0. The maximum Gasteiger partial charge on any atom is 4.00 e. The van der Waals surface area contributed by atoms with Gasteiger partial charge in [-0.1, -0.05) is 90.8 Å². The third-order valence-corrected chi connectivity index (χ3v) is 5.57. The van der Waals surface area contributed by atoms with Crippen molar-refractivity contribution >= 4 is 21.5 Å². The summed E-state index contributed by atoms with van der Waals surface area (Å²) in [5, 5.41) is 5.48. The molecule has 0 spiro atoms. The Hall–Kier alpha value is -1.01. The quantitative estimate of drug-likeness (QED) is 0.382. The summed E-state index contributed by atoms with van der Waals surface area (Å²) in [5.41, 5.74) is 5.77. The van der Waals surface area contributed by atoms with E-state index in [0.29, 0.717) is 0 Å². The van der Waals surface area contributed by atoms with Crippen molar-refractivity contribution in [2.75, 3.05) is 0 Å². The van der Waals surface area contributed by atoms with Gasteiger partial charge in [-0.15, -0.1) is 51.4 Å². The smallest absolute Gasteiger partial charge is 1.00 e. The van der Waals surface area contributed by atoms with E-state index in [1.807, 2.05) is 12.2 Å². The molecular weight excluding hydrogens is 510 g/mol. The molecule has 0 radical (unpaired) electrons. The number of allylic oxidation sites excluding steroid dienone is 6. The summed E-state index contributed by atoms with van der Waals surface area (Å²) >= 11 is 0. The van der Waals surface area contributed by atoms with Gasteiger partial charge in [0.15, 0.2) is 0 Å². The average molecular weight is 545 g/mol. The van der Waals surface area contributed by atoms with Crippen molar-refractivity contribution in [3.8, 4) is 0 Å². The molecule has 168 valence electrons. The molecule has 0 saturated heterocycles. The Labute approximate surface area is 226 Å². The number of halogens is 2. The number of benzene rings is 2. The molecule has 4 rings (SSSR count). The first-order valence-corrected chi connectivity index (χ1v) is 10.5. The standard InChI is InChI=1S/C21H25.C8H9.2ClH.Zr/c1-20(2,3)16-7-9-18-14(12-16)11-15-13-17(21(4,5)6)8-10-19(15)18;1-7(2)8-5-3-4-6-8;;;/h7-13H,1-6H3;3-5H,1-2H3;2*1H;/q2*-1;;;+4/p-2. The van der Waals surface area contributed by atoms with Crippen LogP contribution in [0.2, 0.25) is 0 Å². The van der Waals surface area contributed by atoms with Gasteiger partial charge in [-0.3, -0.25) is 0 Å². The minimum absolute atomic E-state index is 0. The molecule has 1 aliphatic carbocycles. The van der Waals surface area contributed by atoms with Gasteiger partial charge in [0.2, 0.25) is 0 Å². The van der Waals surface area contributed by atoms with E-state index in [9.17, 15) is 0 Å². The van der Waals surface area contributed by atoms with E-state index in [1.165, 1.54) is 43.8 Å². The van der Waals surface area contributed by atoms with Gasteiger partial charge in [0.25, 0.3) is 0 Å². The van der Waals surface area contributed by atoms with Crippen LogP contribution in [0, 0.1) is 6.08 Å². The fourth-order valence-corrected chi connectivity index (χ4v) is 3.60. The summed E-state index contributed by atoms with van der Waals surface area (Å²) < 4.78 is 0. The molecule has 1 aliphatic rings. The predicted octanol–water partition coefficient (Wildman–Crippen LogP) is 2.56. The second kappa shape index (κ2) is 11.9. The van der Waals surface area contributed by atoms with Crippen molar-refractivity contribution in [3.05, 3.63) is 89.0 Å².